The molecule has 0 aliphatic heterocycles. The molecule has 0 amide bonds. The topological polar surface area (TPSA) is 192 Å². The van der Waals surface area contributed by atoms with Crippen LogP contribution < -0.4 is 10.6 Å². The van der Waals surface area contributed by atoms with Gasteiger partial charge in [-0.25, -0.2) is 9.97 Å². The molecule has 18 heteroatoms. The van der Waals surface area contributed by atoms with E-state index in [-0.39, 0.29) is 31.8 Å². The Balaban J connectivity index is 0.886. The van der Waals surface area contributed by atoms with E-state index in [1.807, 2.05) is 6.20 Å². The highest BCUT2D eigenvalue weighted by Crippen LogP contribution is 2.31. The molecule has 0 saturated heterocycles. The Morgan fingerprint density at radius 3 is 2.10 bits per heavy atom. The Labute approximate surface area is 348 Å². The number of rotatable bonds is 18. The van der Waals surface area contributed by atoms with Crippen molar-refractivity contribution in [3.8, 4) is 0 Å². The largest absolute Gasteiger partial charge is 0.465 e. The number of hydrogen-bond acceptors (Lipinski definition) is 14. The molecule has 2 fully saturated rings. The summed E-state index contributed by atoms with van der Waals surface area (Å²) < 4.78 is 29.6. The molecule has 2 saturated carbocycles. The molecule has 60 heavy (non-hydrogen) atoms. The van der Waals surface area contributed by atoms with E-state index in [2.05, 4.69) is 58.3 Å². The second-order valence-corrected chi connectivity index (χ2v) is 15.8. The molecule has 18 nitrogen and oxygen atoms in total. The molecule has 0 radical (unpaired) electrons. The normalized spacial score (nSPS) is 19.4. The minimum absolute atomic E-state index is 0.0100. The van der Waals surface area contributed by atoms with Crippen LogP contribution in [-0.2, 0) is 61.1 Å². The van der Waals surface area contributed by atoms with Crippen molar-refractivity contribution < 1.29 is 28.5 Å². The maximum absolute atomic E-state index is 13.1. The zero-order valence-electron chi connectivity index (χ0n) is 34.5. The van der Waals surface area contributed by atoms with Gasteiger partial charge in [0.05, 0.1) is 49.2 Å². The van der Waals surface area contributed by atoms with Gasteiger partial charge >= 0.3 is 11.9 Å². The van der Waals surface area contributed by atoms with Crippen molar-refractivity contribution in [1.82, 2.24) is 48.6 Å². The van der Waals surface area contributed by atoms with Crippen LogP contribution >= 0.6 is 0 Å². The third-order valence-corrected chi connectivity index (χ3v) is 11.6. The lowest BCUT2D eigenvalue weighted by molar-refractivity contribution is -0.145. The number of fused-ring (bicyclic) bond motifs is 2. The number of methoxy groups -OCH3 is 2. The second kappa shape index (κ2) is 19.0. The van der Waals surface area contributed by atoms with Gasteiger partial charge in [-0.05, 0) is 75.8 Å². The molecular weight excluding hydrogens is 769 g/mol. The Morgan fingerprint density at radius 2 is 1.42 bits per heavy atom. The molecule has 0 bridgehead atoms. The summed E-state index contributed by atoms with van der Waals surface area (Å²) in [5.41, 5.74) is 3.98. The molecule has 2 N–H and O–H groups in total. The van der Waals surface area contributed by atoms with Gasteiger partial charge in [-0.3, -0.25) is 19.0 Å². The zero-order valence-corrected chi connectivity index (χ0v) is 34.5. The van der Waals surface area contributed by atoms with Crippen LogP contribution in [0.25, 0.3) is 22.1 Å². The van der Waals surface area contributed by atoms with Crippen LogP contribution in [0.1, 0.15) is 64.0 Å². The van der Waals surface area contributed by atoms with Gasteiger partial charge in [0.25, 0.3) is 0 Å². The van der Waals surface area contributed by atoms with E-state index in [1.165, 1.54) is 4.68 Å². The summed E-state index contributed by atoms with van der Waals surface area (Å²) in [6, 6.07) is 4.12. The number of nitrogens with one attached hydrogen (secondary N) is 2. The fourth-order valence-corrected chi connectivity index (χ4v) is 8.52. The van der Waals surface area contributed by atoms with Crippen LogP contribution in [0, 0.1) is 11.8 Å². The van der Waals surface area contributed by atoms with Crippen LogP contribution in [-0.4, -0.2) is 100 Å². The first-order chi connectivity index (χ1) is 29.3. The molecule has 0 aromatic carbocycles. The lowest BCUT2D eigenvalue weighted by atomic mass is 9.87. The summed E-state index contributed by atoms with van der Waals surface area (Å²) in [6.07, 6.45) is 22.2. The van der Waals surface area contributed by atoms with E-state index in [4.69, 9.17) is 28.9 Å². The number of carbonyl (C=O) groups excluding carboxylic acids is 2. The summed E-state index contributed by atoms with van der Waals surface area (Å²) in [5, 5.41) is 17.0. The number of hydrogen-bond donors (Lipinski definition) is 2. The van der Waals surface area contributed by atoms with Gasteiger partial charge in [0.1, 0.15) is 24.4 Å². The Bertz CT molecular complexity index is 2380. The molecule has 8 rings (SSSR count). The smallest absolute Gasteiger partial charge is 0.327 e. The first kappa shape index (κ1) is 40.9. The average Bonchev–Trinajstić information content (AvgIpc) is 4.06. The summed E-state index contributed by atoms with van der Waals surface area (Å²) in [6.45, 7) is 3.89. The predicted octanol–water partition coefficient (Wildman–Crippen LogP) is 5.82. The number of esters is 2. The van der Waals surface area contributed by atoms with Crippen molar-refractivity contribution in [2.75, 3.05) is 38.1 Å². The van der Waals surface area contributed by atoms with Crippen molar-refractivity contribution in [1.29, 1.82) is 0 Å². The van der Waals surface area contributed by atoms with Gasteiger partial charge < -0.3 is 38.7 Å². The molecule has 0 spiro atoms. The Kier molecular flexibility index (Phi) is 13.0. The highest BCUT2D eigenvalue weighted by atomic mass is 16.5. The molecule has 6 aromatic rings. The Morgan fingerprint density at radius 1 is 0.750 bits per heavy atom. The molecule has 2 atom stereocenters. The van der Waals surface area contributed by atoms with Gasteiger partial charge in [-0.1, -0.05) is 6.42 Å². The maximum Gasteiger partial charge on any atom is 0.327 e. The quantitative estimate of drug-likeness (QED) is 0.0987. The van der Waals surface area contributed by atoms with Gasteiger partial charge in [0, 0.05) is 81.2 Å². The lowest BCUT2D eigenvalue weighted by Crippen LogP contribution is -2.25. The molecular formula is C42H54N12O6. The fraction of sp³-hybridized carbons (Fsp3) is 0.524. The highest BCUT2D eigenvalue weighted by molar-refractivity contribution is 5.79. The fourth-order valence-electron chi connectivity index (χ4n) is 8.52. The van der Waals surface area contributed by atoms with Crippen molar-refractivity contribution in [3.63, 3.8) is 0 Å². The van der Waals surface area contributed by atoms with Crippen molar-refractivity contribution >= 4 is 57.3 Å². The molecule has 6 aromatic heterocycles. The zero-order chi connectivity index (χ0) is 41.4. The van der Waals surface area contributed by atoms with Crippen LogP contribution in [0.5, 0.6) is 0 Å². The van der Waals surface area contributed by atoms with E-state index in [9.17, 15) is 9.59 Å². The van der Waals surface area contributed by atoms with Crippen LogP contribution in [0.3, 0.4) is 0 Å². The van der Waals surface area contributed by atoms with E-state index in [0.717, 1.165) is 92.2 Å². The standard InChI is InChI=1S/C42H54N12O6/c1-4-59-37(55)26-52-24-33(21-45-52)48-42-44-19-31-17-34(54(40(31)50-42)23-29-6-5-7-36(16-29)58-3)13-15-60-38(56)27-53-25-32(20-46-53)47-41-43-18-30-12-14-51(39(30)49-41)22-28-8-10-35(57-2)11-9-28/h12,14,17-21,24-25,28-29,35-36H,4-11,13,15-16,22-23,26-27H2,1-3H3,(H,43,47,49)(H,44,48,50)/t28-,29-,35-,36+/m0/s1. The number of anilines is 4. The minimum atomic E-state index is -0.396. The van der Waals surface area contributed by atoms with Gasteiger partial charge in [-0.2, -0.15) is 20.2 Å². The molecule has 0 unspecified atom stereocenters. The summed E-state index contributed by atoms with van der Waals surface area (Å²) in [5.74, 6) is 1.10. The van der Waals surface area contributed by atoms with Gasteiger partial charge in [0.15, 0.2) is 0 Å². The number of aromatic nitrogens is 10. The third-order valence-electron chi connectivity index (χ3n) is 11.6. The third kappa shape index (κ3) is 10.1. The summed E-state index contributed by atoms with van der Waals surface area (Å²) >= 11 is 0. The molecule has 318 valence electrons. The first-order valence-electron chi connectivity index (χ1n) is 20.9. The van der Waals surface area contributed by atoms with Gasteiger partial charge in [0.2, 0.25) is 11.9 Å². The summed E-state index contributed by atoms with van der Waals surface area (Å²) in [7, 11) is 3.58. The summed E-state index contributed by atoms with van der Waals surface area (Å²) in [4.78, 5) is 43.8. The maximum atomic E-state index is 13.1. The molecule has 6 heterocycles. The van der Waals surface area contributed by atoms with Crippen LogP contribution in [0.4, 0.5) is 23.3 Å². The van der Waals surface area contributed by atoms with E-state index < -0.39 is 5.97 Å². The number of carbonyl (C=O) groups is 2. The predicted molar refractivity (Wildman–Crippen MR) is 223 cm³/mol. The minimum Gasteiger partial charge on any atom is -0.465 e. The highest BCUT2D eigenvalue weighted by Gasteiger charge is 2.25. The number of nitrogens with zero attached hydrogens (tertiary/aromatic N) is 10. The average molecular weight is 823 g/mol. The second-order valence-electron chi connectivity index (χ2n) is 15.8. The van der Waals surface area contributed by atoms with Gasteiger partial charge in [-0.15, -0.1) is 0 Å². The van der Waals surface area contributed by atoms with E-state index in [0.29, 0.717) is 54.2 Å². The van der Waals surface area contributed by atoms with Crippen LogP contribution in [0.15, 0.2) is 55.5 Å². The first-order valence-corrected chi connectivity index (χ1v) is 20.9. The Hall–Kier alpha value is -5.88. The molecule has 2 aliphatic carbocycles. The molecule has 2 aliphatic rings. The van der Waals surface area contributed by atoms with Crippen LogP contribution in [0.2, 0.25) is 0 Å². The monoisotopic (exact) mass is 822 g/mol. The van der Waals surface area contributed by atoms with Crippen molar-refractivity contribution in [3.05, 3.63) is 61.2 Å². The number of ether oxygens (including phenoxy) is 4. The van der Waals surface area contributed by atoms with Crippen molar-refractivity contribution in [2.24, 2.45) is 11.8 Å². The van der Waals surface area contributed by atoms with E-state index >= 15 is 0 Å². The SMILES string of the molecule is CCOC(=O)Cn1cc(Nc2ncc3cc(CCOC(=O)Cn4cc(Nc5ncc6ccn(C[C@H]7CC[C@H](OC)CC7)c6n5)cn4)n(C[C@H]4CCC[C@@H](OC)C4)c3n2)cn1. The van der Waals surface area contributed by atoms with Crippen molar-refractivity contribution in [2.45, 2.75) is 103 Å². The van der Waals surface area contributed by atoms with E-state index in [1.54, 1.807) is 56.8 Å². The lowest BCUT2D eigenvalue weighted by Gasteiger charge is -2.29.